The third-order valence-electron chi connectivity index (χ3n) is 2.82. The molecule has 0 aliphatic carbocycles. The minimum atomic E-state index is -2.34. The molecule has 7 heteroatoms. The number of halogens is 5. The van der Waals surface area contributed by atoms with Crippen molar-refractivity contribution in [1.82, 2.24) is 0 Å². The van der Waals surface area contributed by atoms with Crippen molar-refractivity contribution in [2.75, 3.05) is 0 Å². The molecule has 0 saturated carbocycles. The first kappa shape index (κ1) is 15.7. The van der Waals surface area contributed by atoms with Gasteiger partial charge in [-0.25, -0.2) is 26.7 Å². The fraction of sp³-hybridized carbons (Fsp3) is 0. The van der Waals surface area contributed by atoms with Crippen molar-refractivity contribution >= 4 is 17.6 Å². The van der Waals surface area contributed by atoms with Crippen LogP contribution in [0.1, 0.15) is 11.1 Å². The molecule has 0 fully saturated rings. The van der Waals surface area contributed by atoms with Crippen molar-refractivity contribution in [1.29, 1.82) is 0 Å². The van der Waals surface area contributed by atoms with E-state index in [0.717, 1.165) is 6.08 Å². The van der Waals surface area contributed by atoms with Crippen molar-refractivity contribution in [2.24, 2.45) is 0 Å². The van der Waals surface area contributed by atoms with E-state index in [-0.39, 0.29) is 5.56 Å². The van der Waals surface area contributed by atoms with Crippen LogP contribution in [0.3, 0.4) is 0 Å². The van der Waals surface area contributed by atoms with Gasteiger partial charge in [0, 0.05) is 0 Å². The fourth-order valence-electron chi connectivity index (χ4n) is 1.80. The first-order valence-corrected chi connectivity index (χ1v) is 5.86. The van der Waals surface area contributed by atoms with Gasteiger partial charge in [0.15, 0.2) is 23.3 Å². The minimum Gasteiger partial charge on any atom is -0.478 e. The molecule has 2 rings (SSSR count). The van der Waals surface area contributed by atoms with E-state index in [1.807, 2.05) is 0 Å². The molecule has 0 unspecified atom stereocenters. The van der Waals surface area contributed by atoms with Crippen molar-refractivity contribution in [2.45, 2.75) is 0 Å². The smallest absolute Gasteiger partial charge is 0.336 e. The Kier molecular flexibility index (Phi) is 4.25. The number of carboxylic acid groups (broad SMARTS) is 1. The predicted octanol–water partition coefficient (Wildman–Crippen LogP) is 4.01. The lowest BCUT2D eigenvalue weighted by Crippen LogP contribution is -2.11. The Morgan fingerprint density at radius 3 is 1.73 bits per heavy atom. The van der Waals surface area contributed by atoms with E-state index < -0.39 is 46.2 Å². The number of aliphatic carboxylic acids is 1. The highest BCUT2D eigenvalue weighted by molar-refractivity contribution is 6.20. The van der Waals surface area contributed by atoms with Crippen molar-refractivity contribution in [3.63, 3.8) is 0 Å². The van der Waals surface area contributed by atoms with Gasteiger partial charge in [-0.05, 0) is 11.6 Å². The number of carboxylic acids is 1. The first-order chi connectivity index (χ1) is 10.3. The van der Waals surface area contributed by atoms with Crippen LogP contribution in [-0.4, -0.2) is 11.1 Å². The topological polar surface area (TPSA) is 37.3 Å². The highest BCUT2D eigenvalue weighted by Gasteiger charge is 2.30. The Morgan fingerprint density at radius 2 is 1.27 bits per heavy atom. The van der Waals surface area contributed by atoms with Crippen LogP contribution in [0.4, 0.5) is 22.0 Å². The zero-order valence-electron chi connectivity index (χ0n) is 10.7. The molecule has 2 aromatic rings. The highest BCUT2D eigenvalue weighted by atomic mass is 19.2. The van der Waals surface area contributed by atoms with E-state index in [1.165, 1.54) is 24.3 Å². The van der Waals surface area contributed by atoms with Gasteiger partial charge in [0.05, 0.1) is 11.1 Å². The van der Waals surface area contributed by atoms with E-state index in [4.69, 9.17) is 5.11 Å². The average Bonchev–Trinajstić information content (AvgIpc) is 2.51. The molecule has 0 spiro atoms. The van der Waals surface area contributed by atoms with Gasteiger partial charge in [-0.15, -0.1) is 0 Å². The summed E-state index contributed by atoms with van der Waals surface area (Å²) in [6.07, 6.45) is 0.820. The maximum atomic E-state index is 13.7. The summed E-state index contributed by atoms with van der Waals surface area (Å²) in [4.78, 5) is 11.2. The maximum absolute atomic E-state index is 13.7. The Balaban J connectivity index is 2.76. The summed E-state index contributed by atoms with van der Waals surface area (Å²) in [5.74, 6) is -13.0. The van der Waals surface area contributed by atoms with E-state index in [0.29, 0.717) is 0 Å². The first-order valence-electron chi connectivity index (χ1n) is 5.86. The third kappa shape index (κ3) is 2.69. The number of benzene rings is 2. The van der Waals surface area contributed by atoms with Gasteiger partial charge in [0.25, 0.3) is 0 Å². The molecule has 0 amide bonds. The fourth-order valence-corrected chi connectivity index (χ4v) is 1.80. The van der Waals surface area contributed by atoms with Crippen LogP contribution in [0.25, 0.3) is 11.6 Å². The van der Waals surface area contributed by atoms with E-state index in [1.54, 1.807) is 6.07 Å². The highest BCUT2D eigenvalue weighted by Crippen LogP contribution is 2.29. The van der Waals surface area contributed by atoms with Crippen LogP contribution in [0.5, 0.6) is 0 Å². The Hall–Kier alpha value is -2.70. The lowest BCUT2D eigenvalue weighted by Gasteiger charge is -2.09. The van der Waals surface area contributed by atoms with Crippen LogP contribution in [0.2, 0.25) is 0 Å². The molecule has 114 valence electrons. The van der Waals surface area contributed by atoms with Gasteiger partial charge in [0.1, 0.15) is 0 Å². The standard InChI is InChI=1S/C15H7F5O2/c16-10-9(11(17)13(19)14(20)12(10)18)8(15(21)22)6-7-4-2-1-3-5-7/h1-6H,(H,21,22)/b8-6+. The van der Waals surface area contributed by atoms with Crippen molar-refractivity contribution < 1.29 is 31.9 Å². The second-order valence-electron chi connectivity index (χ2n) is 4.22. The second kappa shape index (κ2) is 5.97. The van der Waals surface area contributed by atoms with E-state index in [2.05, 4.69) is 0 Å². The normalized spacial score (nSPS) is 11.6. The molecule has 2 aromatic carbocycles. The van der Waals surface area contributed by atoms with Gasteiger partial charge >= 0.3 is 5.97 Å². The average molecular weight is 314 g/mol. The van der Waals surface area contributed by atoms with Gasteiger partial charge in [-0.3, -0.25) is 0 Å². The molecular weight excluding hydrogens is 307 g/mol. The Labute approximate surface area is 121 Å². The van der Waals surface area contributed by atoms with Crippen LogP contribution >= 0.6 is 0 Å². The Morgan fingerprint density at radius 1 is 0.818 bits per heavy atom. The number of carbonyl (C=O) groups is 1. The zero-order chi connectivity index (χ0) is 16.4. The summed E-state index contributed by atoms with van der Waals surface area (Å²) in [6, 6.07) is 7.47. The van der Waals surface area contributed by atoms with Gasteiger partial charge in [-0.1, -0.05) is 30.3 Å². The molecule has 0 aromatic heterocycles. The van der Waals surface area contributed by atoms with Crippen molar-refractivity contribution in [3.05, 3.63) is 70.5 Å². The molecule has 0 aliphatic heterocycles. The number of rotatable bonds is 3. The number of hydrogen-bond acceptors (Lipinski definition) is 1. The van der Waals surface area contributed by atoms with Crippen LogP contribution in [0.15, 0.2) is 30.3 Å². The minimum absolute atomic E-state index is 0.226. The van der Waals surface area contributed by atoms with Crippen LogP contribution in [-0.2, 0) is 4.79 Å². The summed E-state index contributed by atoms with van der Waals surface area (Å²) in [7, 11) is 0. The SMILES string of the molecule is O=C(O)/C(=C/c1ccccc1)c1c(F)c(F)c(F)c(F)c1F. The maximum Gasteiger partial charge on any atom is 0.336 e. The molecular formula is C15H7F5O2. The molecule has 0 aliphatic rings. The zero-order valence-corrected chi connectivity index (χ0v) is 10.7. The van der Waals surface area contributed by atoms with Gasteiger partial charge in [0.2, 0.25) is 5.82 Å². The lowest BCUT2D eigenvalue weighted by molar-refractivity contribution is -0.130. The van der Waals surface area contributed by atoms with Gasteiger partial charge in [-0.2, -0.15) is 0 Å². The molecule has 0 saturated heterocycles. The molecule has 22 heavy (non-hydrogen) atoms. The second-order valence-corrected chi connectivity index (χ2v) is 4.22. The summed E-state index contributed by atoms with van der Waals surface area (Å²) in [6.45, 7) is 0. The lowest BCUT2D eigenvalue weighted by atomic mass is 10.0. The molecule has 0 bridgehead atoms. The predicted molar refractivity (Wildman–Crippen MR) is 68.2 cm³/mol. The van der Waals surface area contributed by atoms with E-state index >= 15 is 0 Å². The summed E-state index contributed by atoms with van der Waals surface area (Å²) in [5.41, 5.74) is -2.30. The van der Waals surface area contributed by atoms with Crippen LogP contribution in [0, 0.1) is 29.1 Å². The largest absolute Gasteiger partial charge is 0.478 e. The van der Waals surface area contributed by atoms with Gasteiger partial charge < -0.3 is 5.11 Å². The van der Waals surface area contributed by atoms with Crippen LogP contribution < -0.4 is 0 Å². The third-order valence-corrected chi connectivity index (χ3v) is 2.82. The summed E-state index contributed by atoms with van der Waals surface area (Å²) < 4.78 is 66.7. The van der Waals surface area contributed by atoms with Crippen molar-refractivity contribution in [3.8, 4) is 0 Å². The molecule has 1 N–H and O–H groups in total. The number of hydrogen-bond donors (Lipinski definition) is 1. The summed E-state index contributed by atoms with van der Waals surface area (Å²) >= 11 is 0. The molecule has 0 atom stereocenters. The monoisotopic (exact) mass is 314 g/mol. The quantitative estimate of drug-likeness (QED) is 0.306. The molecule has 0 radical (unpaired) electrons. The summed E-state index contributed by atoms with van der Waals surface area (Å²) in [5, 5.41) is 9.05. The van der Waals surface area contributed by atoms with E-state index in [9.17, 15) is 26.7 Å². The molecule has 0 heterocycles. The Bertz CT molecular complexity index is 740. The molecule has 2 nitrogen and oxygen atoms in total.